The maximum Gasteiger partial charge on any atom is 0.299 e. The molecule has 0 heterocycles. The Balaban J connectivity index is 2.43. The van der Waals surface area contributed by atoms with Crippen LogP contribution in [0.15, 0.2) is 30.3 Å². The number of para-hydroxylation sites is 1. The first-order valence-electron chi connectivity index (χ1n) is 9.87. The summed E-state index contributed by atoms with van der Waals surface area (Å²) < 4.78 is 25.6. The molecule has 4 nitrogen and oxygen atoms in total. The molecule has 144 valence electrons. The minimum Gasteiger partial charge on any atom is -0.255 e. The van der Waals surface area contributed by atoms with Gasteiger partial charge >= 0.3 is 0 Å². The number of hydrogen-bond donors (Lipinski definition) is 1. The average Bonchev–Trinajstić information content (AvgIpc) is 2.59. The van der Waals surface area contributed by atoms with Crippen LogP contribution >= 0.6 is 0 Å². The number of unbranched alkanes of at least 4 members (excludes halogenated alkanes) is 8. The van der Waals surface area contributed by atoms with Crippen molar-refractivity contribution in [2.24, 2.45) is 5.14 Å². The Kier molecular flexibility index (Phi) is 10.8. The van der Waals surface area contributed by atoms with Crippen LogP contribution in [0.4, 0.5) is 5.69 Å². The van der Waals surface area contributed by atoms with E-state index in [4.69, 9.17) is 5.14 Å². The van der Waals surface area contributed by atoms with E-state index in [0.717, 1.165) is 25.7 Å². The zero-order valence-electron chi connectivity index (χ0n) is 16.0. The predicted molar refractivity (Wildman–Crippen MR) is 108 cm³/mol. The van der Waals surface area contributed by atoms with Crippen LogP contribution in [0.2, 0.25) is 0 Å². The van der Waals surface area contributed by atoms with Gasteiger partial charge < -0.3 is 0 Å². The van der Waals surface area contributed by atoms with Crippen molar-refractivity contribution >= 4 is 15.9 Å². The molecular weight excluding hydrogens is 332 g/mol. The van der Waals surface area contributed by atoms with Gasteiger partial charge in [-0.15, -0.1) is 0 Å². The Labute approximate surface area is 155 Å². The van der Waals surface area contributed by atoms with E-state index in [1.165, 1.54) is 49.3 Å². The Morgan fingerprint density at radius 2 is 1.40 bits per heavy atom. The molecule has 0 aromatic heterocycles. The largest absolute Gasteiger partial charge is 0.299 e. The van der Waals surface area contributed by atoms with Crippen LogP contribution in [0.3, 0.4) is 0 Å². The Morgan fingerprint density at radius 3 is 1.88 bits per heavy atom. The summed E-state index contributed by atoms with van der Waals surface area (Å²) in [6.45, 7) is 4.27. The second-order valence-corrected chi connectivity index (χ2v) is 8.28. The summed E-state index contributed by atoms with van der Waals surface area (Å²) in [6, 6.07) is 9.12. The Bertz CT molecular complexity index is 546. The van der Waals surface area contributed by atoms with Crippen molar-refractivity contribution in [3.8, 4) is 0 Å². The monoisotopic (exact) mass is 368 g/mol. The van der Waals surface area contributed by atoms with Gasteiger partial charge in [0.25, 0.3) is 10.2 Å². The molecule has 5 heteroatoms. The third-order valence-electron chi connectivity index (χ3n) is 4.73. The lowest BCUT2D eigenvalue weighted by atomic mass is 10.0. The number of hydrogen-bond acceptors (Lipinski definition) is 2. The molecule has 1 atom stereocenters. The fraction of sp³-hybridized carbons (Fsp3) is 0.700. The van der Waals surface area contributed by atoms with Gasteiger partial charge in [0.2, 0.25) is 0 Å². The maximum absolute atomic E-state index is 12.1. The lowest BCUT2D eigenvalue weighted by molar-refractivity contribution is 0.508. The van der Waals surface area contributed by atoms with Gasteiger partial charge in [0.15, 0.2) is 0 Å². The third-order valence-corrected chi connectivity index (χ3v) is 5.79. The van der Waals surface area contributed by atoms with Gasteiger partial charge in [-0.2, -0.15) is 8.42 Å². The standard InChI is InChI=1S/C20H36N2O2S/c1-3-5-6-7-8-9-10-11-13-16-19(4-2)22(25(21,23)24)20-17-14-12-15-18-20/h12,14-15,17-19H,3-11,13,16H2,1-2H3,(H2,21,23,24). The first kappa shape index (κ1) is 22.0. The molecule has 1 unspecified atom stereocenters. The fourth-order valence-electron chi connectivity index (χ4n) is 3.32. The van der Waals surface area contributed by atoms with Gasteiger partial charge in [-0.25, -0.2) is 5.14 Å². The summed E-state index contributed by atoms with van der Waals surface area (Å²) in [6.07, 6.45) is 13.0. The van der Waals surface area contributed by atoms with Crippen LogP contribution in [-0.2, 0) is 10.2 Å². The van der Waals surface area contributed by atoms with Crippen molar-refractivity contribution in [2.45, 2.75) is 90.5 Å². The molecule has 25 heavy (non-hydrogen) atoms. The highest BCUT2D eigenvalue weighted by molar-refractivity contribution is 7.90. The number of anilines is 1. The van der Waals surface area contributed by atoms with Crippen LogP contribution < -0.4 is 9.44 Å². The molecule has 0 fully saturated rings. The first-order valence-corrected chi connectivity index (χ1v) is 11.4. The highest BCUT2D eigenvalue weighted by atomic mass is 32.2. The molecule has 0 spiro atoms. The van der Waals surface area contributed by atoms with Gasteiger partial charge in [0.1, 0.15) is 0 Å². The molecule has 1 aromatic carbocycles. The molecular formula is C20H36N2O2S. The van der Waals surface area contributed by atoms with E-state index in [1.54, 1.807) is 0 Å². The van der Waals surface area contributed by atoms with E-state index in [2.05, 4.69) is 6.92 Å². The van der Waals surface area contributed by atoms with Crippen LogP contribution in [0.25, 0.3) is 0 Å². The normalized spacial score (nSPS) is 12.9. The minimum absolute atomic E-state index is 0.0676. The van der Waals surface area contributed by atoms with Gasteiger partial charge in [-0.3, -0.25) is 4.31 Å². The third kappa shape index (κ3) is 8.73. The summed E-state index contributed by atoms with van der Waals surface area (Å²) in [5.74, 6) is 0. The van der Waals surface area contributed by atoms with E-state index in [0.29, 0.717) is 5.69 Å². The Hall–Kier alpha value is -1.07. The van der Waals surface area contributed by atoms with Crippen molar-refractivity contribution in [3.63, 3.8) is 0 Å². The highest BCUT2D eigenvalue weighted by Gasteiger charge is 2.25. The molecule has 1 aromatic rings. The molecule has 2 N–H and O–H groups in total. The number of nitrogens with two attached hydrogens (primary N) is 1. The maximum atomic E-state index is 12.1. The van der Waals surface area contributed by atoms with Crippen molar-refractivity contribution < 1.29 is 8.42 Å². The molecule has 0 bridgehead atoms. The molecule has 0 aliphatic rings. The molecule has 0 saturated heterocycles. The molecule has 0 aliphatic carbocycles. The predicted octanol–water partition coefficient (Wildman–Crippen LogP) is 5.40. The van der Waals surface area contributed by atoms with E-state index in [9.17, 15) is 8.42 Å². The van der Waals surface area contributed by atoms with Crippen molar-refractivity contribution in [1.29, 1.82) is 0 Å². The molecule has 1 rings (SSSR count). The molecule has 0 saturated carbocycles. The first-order chi connectivity index (χ1) is 12.0. The van der Waals surface area contributed by atoms with Gasteiger partial charge in [-0.05, 0) is 25.0 Å². The van der Waals surface area contributed by atoms with Crippen LogP contribution in [0.1, 0.15) is 84.5 Å². The van der Waals surface area contributed by atoms with Crippen LogP contribution in [0, 0.1) is 0 Å². The molecule has 0 aliphatic heterocycles. The second kappa shape index (κ2) is 12.3. The number of benzene rings is 1. The topological polar surface area (TPSA) is 63.4 Å². The lowest BCUT2D eigenvalue weighted by Crippen LogP contribution is -2.44. The Morgan fingerprint density at radius 1 is 0.880 bits per heavy atom. The zero-order valence-corrected chi connectivity index (χ0v) is 16.8. The summed E-state index contributed by atoms with van der Waals surface area (Å²) in [5, 5.41) is 5.50. The summed E-state index contributed by atoms with van der Waals surface area (Å²) in [7, 11) is -3.76. The van der Waals surface area contributed by atoms with E-state index >= 15 is 0 Å². The van der Waals surface area contributed by atoms with Gasteiger partial charge in [0.05, 0.1) is 5.69 Å². The van der Waals surface area contributed by atoms with Crippen molar-refractivity contribution in [3.05, 3.63) is 30.3 Å². The highest BCUT2D eigenvalue weighted by Crippen LogP contribution is 2.24. The summed E-state index contributed by atoms with van der Waals surface area (Å²) in [5.41, 5.74) is 0.660. The van der Waals surface area contributed by atoms with Gasteiger partial charge in [0, 0.05) is 6.04 Å². The fourth-order valence-corrected chi connectivity index (χ4v) is 4.40. The van der Waals surface area contributed by atoms with E-state index in [1.807, 2.05) is 37.3 Å². The van der Waals surface area contributed by atoms with Crippen molar-refractivity contribution in [1.82, 2.24) is 0 Å². The quantitative estimate of drug-likeness (QED) is 0.447. The number of nitrogens with zero attached hydrogens (tertiary/aromatic N) is 1. The van der Waals surface area contributed by atoms with Crippen LogP contribution in [-0.4, -0.2) is 14.5 Å². The van der Waals surface area contributed by atoms with E-state index in [-0.39, 0.29) is 6.04 Å². The molecule has 0 radical (unpaired) electrons. The smallest absolute Gasteiger partial charge is 0.255 e. The van der Waals surface area contributed by atoms with Gasteiger partial charge in [-0.1, -0.05) is 89.8 Å². The molecule has 0 amide bonds. The van der Waals surface area contributed by atoms with Crippen molar-refractivity contribution in [2.75, 3.05) is 4.31 Å². The van der Waals surface area contributed by atoms with Crippen LogP contribution in [0.5, 0.6) is 0 Å². The second-order valence-electron chi connectivity index (χ2n) is 6.86. The zero-order chi connectivity index (χ0) is 18.5. The minimum atomic E-state index is -3.76. The summed E-state index contributed by atoms with van der Waals surface area (Å²) >= 11 is 0. The SMILES string of the molecule is CCCCCCCCCCCC(CC)N(c1ccccc1)S(N)(=O)=O. The van der Waals surface area contributed by atoms with E-state index < -0.39 is 10.2 Å². The lowest BCUT2D eigenvalue weighted by Gasteiger charge is -2.30. The average molecular weight is 369 g/mol. The summed E-state index contributed by atoms with van der Waals surface area (Å²) in [4.78, 5) is 0. The number of rotatable bonds is 14.